The minimum Gasteiger partial charge on any atom is -0.352 e. The SMILES string of the molecule is CCN(CC)C(=O)c1ccc(NC(=O)CCNC(=O)c2ccccc2)cc1Cl. The minimum atomic E-state index is -0.257. The van der Waals surface area contributed by atoms with Crippen molar-refractivity contribution in [2.45, 2.75) is 20.3 Å². The quantitative estimate of drug-likeness (QED) is 0.709. The van der Waals surface area contributed by atoms with Gasteiger partial charge in [0, 0.05) is 37.3 Å². The molecule has 0 saturated carbocycles. The monoisotopic (exact) mass is 401 g/mol. The molecule has 0 aromatic heterocycles. The van der Waals surface area contributed by atoms with Crippen LogP contribution in [0.15, 0.2) is 48.5 Å². The van der Waals surface area contributed by atoms with Gasteiger partial charge in [-0.05, 0) is 44.2 Å². The molecule has 2 aromatic carbocycles. The number of hydrogen-bond acceptors (Lipinski definition) is 3. The minimum absolute atomic E-state index is 0.121. The van der Waals surface area contributed by atoms with Gasteiger partial charge in [0.05, 0.1) is 10.6 Å². The van der Waals surface area contributed by atoms with E-state index < -0.39 is 0 Å². The van der Waals surface area contributed by atoms with Crippen molar-refractivity contribution in [3.05, 3.63) is 64.7 Å². The molecule has 7 heteroatoms. The Morgan fingerprint density at radius 1 is 1.00 bits per heavy atom. The molecule has 2 rings (SSSR count). The predicted octanol–water partition coefficient (Wildman–Crippen LogP) is 3.58. The Morgan fingerprint density at radius 3 is 2.29 bits per heavy atom. The van der Waals surface area contributed by atoms with Crippen molar-refractivity contribution in [3.63, 3.8) is 0 Å². The Bertz CT molecular complexity index is 836. The summed E-state index contributed by atoms with van der Waals surface area (Å²) < 4.78 is 0. The molecule has 0 aliphatic heterocycles. The van der Waals surface area contributed by atoms with Gasteiger partial charge in [-0.2, -0.15) is 0 Å². The predicted molar refractivity (Wildman–Crippen MR) is 111 cm³/mol. The third-order valence-electron chi connectivity index (χ3n) is 4.21. The number of amides is 3. The maximum absolute atomic E-state index is 12.4. The lowest BCUT2D eigenvalue weighted by Gasteiger charge is -2.19. The van der Waals surface area contributed by atoms with Crippen LogP contribution in [0.5, 0.6) is 0 Å². The number of benzene rings is 2. The first-order valence-corrected chi connectivity index (χ1v) is 9.56. The highest BCUT2D eigenvalue weighted by Gasteiger charge is 2.16. The van der Waals surface area contributed by atoms with E-state index in [0.29, 0.717) is 29.9 Å². The fraction of sp³-hybridized carbons (Fsp3) is 0.286. The lowest BCUT2D eigenvalue weighted by molar-refractivity contribution is -0.116. The Morgan fingerprint density at radius 2 is 1.68 bits per heavy atom. The molecule has 148 valence electrons. The molecule has 0 bridgehead atoms. The highest BCUT2D eigenvalue weighted by atomic mass is 35.5. The van der Waals surface area contributed by atoms with Crippen molar-refractivity contribution in [2.75, 3.05) is 25.0 Å². The molecule has 0 radical (unpaired) electrons. The standard InChI is InChI=1S/C21H24ClN3O3/c1-3-25(4-2)21(28)17-11-10-16(14-18(17)22)24-19(26)12-13-23-20(27)15-8-6-5-7-9-15/h5-11,14H,3-4,12-13H2,1-2H3,(H,23,27)(H,24,26). The van der Waals surface area contributed by atoms with Gasteiger partial charge in [-0.15, -0.1) is 0 Å². The van der Waals surface area contributed by atoms with Crippen LogP contribution in [0.2, 0.25) is 5.02 Å². The van der Waals surface area contributed by atoms with E-state index in [9.17, 15) is 14.4 Å². The number of anilines is 1. The lowest BCUT2D eigenvalue weighted by atomic mass is 10.1. The zero-order valence-electron chi connectivity index (χ0n) is 16.0. The average Bonchev–Trinajstić information content (AvgIpc) is 2.69. The topological polar surface area (TPSA) is 78.5 Å². The Hall–Kier alpha value is -2.86. The fourth-order valence-corrected chi connectivity index (χ4v) is 2.91. The molecule has 2 N–H and O–H groups in total. The summed E-state index contributed by atoms with van der Waals surface area (Å²) in [5.74, 6) is -0.625. The van der Waals surface area contributed by atoms with Gasteiger partial charge in [-0.3, -0.25) is 14.4 Å². The molecular weight excluding hydrogens is 378 g/mol. The molecule has 0 unspecified atom stereocenters. The maximum atomic E-state index is 12.4. The molecule has 0 fully saturated rings. The van der Waals surface area contributed by atoms with Crippen LogP contribution in [-0.2, 0) is 4.79 Å². The highest BCUT2D eigenvalue weighted by molar-refractivity contribution is 6.34. The van der Waals surface area contributed by atoms with Crippen molar-refractivity contribution < 1.29 is 14.4 Å². The van der Waals surface area contributed by atoms with Gasteiger partial charge >= 0.3 is 0 Å². The van der Waals surface area contributed by atoms with Crippen LogP contribution in [-0.4, -0.2) is 42.3 Å². The molecule has 0 atom stereocenters. The number of nitrogens with one attached hydrogen (secondary N) is 2. The normalized spacial score (nSPS) is 10.2. The Kier molecular flexibility index (Phi) is 8.02. The van der Waals surface area contributed by atoms with E-state index >= 15 is 0 Å². The molecule has 0 spiro atoms. The third kappa shape index (κ3) is 5.82. The summed E-state index contributed by atoms with van der Waals surface area (Å²) in [6, 6.07) is 13.6. The van der Waals surface area contributed by atoms with Crippen LogP contribution in [0, 0.1) is 0 Å². The molecule has 0 saturated heterocycles. The van der Waals surface area contributed by atoms with E-state index in [1.807, 2.05) is 19.9 Å². The molecule has 0 aliphatic carbocycles. The summed E-state index contributed by atoms with van der Waals surface area (Å²) in [6.07, 6.45) is 0.121. The first-order chi connectivity index (χ1) is 13.5. The van der Waals surface area contributed by atoms with E-state index in [-0.39, 0.29) is 35.7 Å². The number of carbonyl (C=O) groups is 3. The molecule has 2 aromatic rings. The van der Waals surface area contributed by atoms with Gasteiger partial charge in [0.2, 0.25) is 5.91 Å². The molecule has 0 heterocycles. The second kappa shape index (κ2) is 10.5. The zero-order chi connectivity index (χ0) is 20.5. The smallest absolute Gasteiger partial charge is 0.255 e. The highest BCUT2D eigenvalue weighted by Crippen LogP contribution is 2.22. The van der Waals surface area contributed by atoms with Crippen molar-refractivity contribution in [2.24, 2.45) is 0 Å². The van der Waals surface area contributed by atoms with Crippen LogP contribution in [0.4, 0.5) is 5.69 Å². The zero-order valence-corrected chi connectivity index (χ0v) is 16.8. The van der Waals surface area contributed by atoms with Crippen molar-refractivity contribution in [1.29, 1.82) is 0 Å². The van der Waals surface area contributed by atoms with Crippen LogP contribution in [0.25, 0.3) is 0 Å². The summed E-state index contributed by atoms with van der Waals surface area (Å²) in [7, 11) is 0. The van der Waals surface area contributed by atoms with Crippen molar-refractivity contribution in [3.8, 4) is 0 Å². The first-order valence-electron chi connectivity index (χ1n) is 9.18. The van der Waals surface area contributed by atoms with Crippen molar-refractivity contribution >= 4 is 35.0 Å². The molecule has 6 nitrogen and oxygen atoms in total. The number of carbonyl (C=O) groups excluding carboxylic acids is 3. The second-order valence-corrected chi connectivity index (χ2v) is 6.50. The van der Waals surface area contributed by atoms with E-state index in [1.165, 1.54) is 0 Å². The third-order valence-corrected chi connectivity index (χ3v) is 4.52. The van der Waals surface area contributed by atoms with E-state index in [4.69, 9.17) is 11.6 Å². The van der Waals surface area contributed by atoms with Crippen molar-refractivity contribution in [1.82, 2.24) is 10.2 Å². The van der Waals surface area contributed by atoms with Gasteiger partial charge in [-0.25, -0.2) is 0 Å². The second-order valence-electron chi connectivity index (χ2n) is 6.09. The van der Waals surface area contributed by atoms with Gasteiger partial charge in [0.15, 0.2) is 0 Å². The summed E-state index contributed by atoms with van der Waals surface area (Å²) in [4.78, 5) is 38.1. The number of hydrogen-bond donors (Lipinski definition) is 2. The van der Waals surface area contributed by atoms with E-state index in [0.717, 1.165) is 0 Å². The maximum Gasteiger partial charge on any atom is 0.255 e. The van der Waals surface area contributed by atoms with E-state index in [2.05, 4.69) is 10.6 Å². The lowest BCUT2D eigenvalue weighted by Crippen LogP contribution is -2.30. The number of halogens is 1. The van der Waals surface area contributed by atoms with Crippen LogP contribution < -0.4 is 10.6 Å². The van der Waals surface area contributed by atoms with Crippen LogP contribution in [0.1, 0.15) is 41.0 Å². The molecule has 0 aliphatic rings. The van der Waals surface area contributed by atoms with E-state index in [1.54, 1.807) is 47.4 Å². The summed E-state index contributed by atoms with van der Waals surface area (Å²) >= 11 is 6.22. The molecule has 28 heavy (non-hydrogen) atoms. The molecular formula is C21H24ClN3O3. The van der Waals surface area contributed by atoms with Gasteiger partial charge in [0.1, 0.15) is 0 Å². The first kappa shape index (κ1) is 21.4. The Labute approximate surface area is 169 Å². The average molecular weight is 402 g/mol. The summed E-state index contributed by atoms with van der Waals surface area (Å²) in [5, 5.41) is 5.70. The largest absolute Gasteiger partial charge is 0.352 e. The summed E-state index contributed by atoms with van der Waals surface area (Å²) in [6.45, 7) is 5.21. The van der Waals surface area contributed by atoms with Gasteiger partial charge in [-0.1, -0.05) is 29.8 Å². The number of nitrogens with zero attached hydrogens (tertiary/aromatic N) is 1. The number of rotatable bonds is 8. The Balaban J connectivity index is 1.87. The fourth-order valence-electron chi connectivity index (χ4n) is 2.65. The summed E-state index contributed by atoms with van der Waals surface area (Å²) in [5.41, 5.74) is 1.45. The molecule has 3 amide bonds. The van der Waals surface area contributed by atoms with Gasteiger partial charge < -0.3 is 15.5 Å². The van der Waals surface area contributed by atoms with Crippen LogP contribution in [0.3, 0.4) is 0 Å². The van der Waals surface area contributed by atoms with Crippen LogP contribution >= 0.6 is 11.6 Å². The van der Waals surface area contributed by atoms with Gasteiger partial charge in [0.25, 0.3) is 11.8 Å².